The molecule has 1 atom stereocenters. The maximum absolute atomic E-state index is 9.93. The summed E-state index contributed by atoms with van der Waals surface area (Å²) in [5.41, 5.74) is -0.572. The third kappa shape index (κ3) is 2.83. The van der Waals surface area contributed by atoms with Crippen LogP contribution in [0.15, 0.2) is 0 Å². The Morgan fingerprint density at radius 2 is 2.30 bits per heavy atom. The summed E-state index contributed by atoms with van der Waals surface area (Å²) in [4.78, 5) is 9.93. The predicted molar refractivity (Wildman–Crippen MR) is 46.1 cm³/mol. The first kappa shape index (κ1) is 10.2. The lowest BCUT2D eigenvalue weighted by atomic mass is 10.1. The number of carbonyl (C=O) groups is 1. The van der Waals surface area contributed by atoms with Gasteiger partial charge in [-0.2, -0.15) is 0 Å². The molecule has 10 heavy (non-hydrogen) atoms. The Bertz CT molecular complexity index is 114. The highest BCUT2D eigenvalue weighted by Gasteiger charge is 2.27. The smallest absolute Gasteiger partial charge is 0.293 e. The first-order valence-corrected chi connectivity index (χ1v) is 4.15. The number of hydrogen-bond acceptors (Lipinski definition) is 3. The lowest BCUT2D eigenvalue weighted by Gasteiger charge is -2.26. The van der Waals surface area contributed by atoms with Crippen LogP contribution in [0.5, 0.6) is 0 Å². The Balaban J connectivity index is 3.94. The molecule has 0 aromatic carbocycles. The van der Waals surface area contributed by atoms with Crippen molar-refractivity contribution < 1.29 is 14.6 Å². The molecule has 3 nitrogen and oxygen atoms in total. The van der Waals surface area contributed by atoms with E-state index in [4.69, 9.17) is 9.84 Å². The number of aliphatic hydroxyl groups is 1. The Hall–Kier alpha value is 0.160. The maximum Gasteiger partial charge on any atom is 0.293 e. The number of hydrogen-bond donors (Lipinski definition) is 1. The Labute approximate surface area is 73.9 Å². The minimum atomic E-state index is -0.572. The molecule has 4 heteroatoms. The van der Waals surface area contributed by atoms with Gasteiger partial charge in [0.25, 0.3) is 6.47 Å². The Morgan fingerprint density at radius 1 is 1.80 bits per heavy atom. The molecule has 0 aromatic rings. The third-order valence-corrected chi connectivity index (χ3v) is 3.16. The summed E-state index contributed by atoms with van der Waals surface area (Å²) in [5.74, 6) is 0. The van der Waals surface area contributed by atoms with Crippen LogP contribution in [0.1, 0.15) is 13.8 Å². The molecule has 0 aliphatic carbocycles. The standard InChI is InChI=1S/C6H11IO3/c1-6(2,10-4-9)5(7)3-8/h4-5,8H,3H2,1-2H3. The van der Waals surface area contributed by atoms with Crippen molar-refractivity contribution in [3.8, 4) is 0 Å². The summed E-state index contributed by atoms with van der Waals surface area (Å²) in [6, 6.07) is 0. The largest absolute Gasteiger partial charge is 0.461 e. The van der Waals surface area contributed by atoms with Crippen LogP contribution < -0.4 is 0 Å². The van der Waals surface area contributed by atoms with Gasteiger partial charge < -0.3 is 9.84 Å². The zero-order chi connectivity index (χ0) is 8.20. The number of alkyl halides is 1. The number of rotatable bonds is 4. The molecular formula is C6H11IO3. The summed E-state index contributed by atoms with van der Waals surface area (Å²) in [6.45, 7) is 3.94. The van der Waals surface area contributed by atoms with Gasteiger partial charge in [-0.25, -0.2) is 0 Å². The van der Waals surface area contributed by atoms with E-state index in [-0.39, 0.29) is 10.5 Å². The van der Waals surface area contributed by atoms with E-state index in [1.54, 1.807) is 13.8 Å². The number of carbonyl (C=O) groups excluding carboxylic acids is 1. The van der Waals surface area contributed by atoms with Crippen LogP contribution in [0.3, 0.4) is 0 Å². The molecule has 1 N–H and O–H groups in total. The summed E-state index contributed by atoms with van der Waals surface area (Å²) < 4.78 is 4.67. The summed E-state index contributed by atoms with van der Waals surface area (Å²) >= 11 is 2.04. The molecule has 0 aromatic heterocycles. The fourth-order valence-electron chi connectivity index (χ4n) is 0.418. The van der Waals surface area contributed by atoms with Gasteiger partial charge in [0.05, 0.1) is 10.5 Å². The van der Waals surface area contributed by atoms with Gasteiger partial charge in [0, 0.05) is 0 Å². The SMILES string of the molecule is CC(C)(OC=O)C(I)CO. The fraction of sp³-hybridized carbons (Fsp3) is 0.833. The summed E-state index contributed by atoms with van der Waals surface area (Å²) in [7, 11) is 0. The van der Waals surface area contributed by atoms with Crippen molar-refractivity contribution in [3.05, 3.63) is 0 Å². The Kier molecular flexibility index (Phi) is 4.19. The molecular weight excluding hydrogens is 247 g/mol. The van der Waals surface area contributed by atoms with E-state index in [1.165, 1.54) is 0 Å². The third-order valence-electron chi connectivity index (χ3n) is 1.27. The molecule has 0 fully saturated rings. The van der Waals surface area contributed by atoms with E-state index < -0.39 is 5.60 Å². The maximum atomic E-state index is 9.93. The first-order valence-electron chi connectivity index (χ1n) is 2.91. The molecule has 1 unspecified atom stereocenters. The number of ether oxygens (including phenoxy) is 1. The van der Waals surface area contributed by atoms with Gasteiger partial charge in [-0.3, -0.25) is 4.79 Å². The van der Waals surface area contributed by atoms with Crippen LogP contribution >= 0.6 is 22.6 Å². The zero-order valence-corrected chi connectivity index (χ0v) is 8.16. The van der Waals surface area contributed by atoms with Crippen molar-refractivity contribution in [1.29, 1.82) is 0 Å². The molecule has 0 amide bonds. The zero-order valence-electron chi connectivity index (χ0n) is 6.00. The monoisotopic (exact) mass is 258 g/mol. The lowest BCUT2D eigenvalue weighted by Crippen LogP contribution is -2.36. The molecule has 0 spiro atoms. The van der Waals surface area contributed by atoms with E-state index in [1.807, 2.05) is 22.6 Å². The minimum Gasteiger partial charge on any atom is -0.461 e. The molecule has 0 aliphatic rings. The average Bonchev–Trinajstić information content (AvgIpc) is 1.86. The van der Waals surface area contributed by atoms with E-state index in [2.05, 4.69) is 0 Å². The topological polar surface area (TPSA) is 46.5 Å². The highest BCUT2D eigenvalue weighted by atomic mass is 127. The molecule has 0 rings (SSSR count). The highest BCUT2D eigenvalue weighted by Crippen LogP contribution is 2.20. The van der Waals surface area contributed by atoms with E-state index in [0.717, 1.165) is 0 Å². The number of halogens is 1. The van der Waals surface area contributed by atoms with Gasteiger partial charge in [-0.1, -0.05) is 22.6 Å². The quantitative estimate of drug-likeness (QED) is 0.459. The average molecular weight is 258 g/mol. The van der Waals surface area contributed by atoms with E-state index in [9.17, 15) is 4.79 Å². The second-order valence-electron chi connectivity index (χ2n) is 2.47. The van der Waals surface area contributed by atoms with Crippen molar-refractivity contribution in [2.45, 2.75) is 23.4 Å². The van der Waals surface area contributed by atoms with Crippen molar-refractivity contribution in [3.63, 3.8) is 0 Å². The van der Waals surface area contributed by atoms with Crippen molar-refractivity contribution in [2.24, 2.45) is 0 Å². The van der Waals surface area contributed by atoms with Crippen LogP contribution in [0, 0.1) is 0 Å². The second kappa shape index (κ2) is 4.12. The predicted octanol–water partition coefficient (Wildman–Crippen LogP) is 0.734. The molecule has 0 saturated heterocycles. The van der Waals surface area contributed by atoms with Gasteiger partial charge in [-0.05, 0) is 13.8 Å². The van der Waals surface area contributed by atoms with Gasteiger partial charge in [0.1, 0.15) is 5.60 Å². The second-order valence-corrected chi connectivity index (χ2v) is 3.97. The van der Waals surface area contributed by atoms with Crippen LogP contribution in [0.2, 0.25) is 0 Å². The van der Waals surface area contributed by atoms with Crippen LogP contribution in [-0.4, -0.2) is 27.7 Å². The van der Waals surface area contributed by atoms with Crippen LogP contribution in [0.25, 0.3) is 0 Å². The van der Waals surface area contributed by atoms with Gasteiger partial charge in [0.2, 0.25) is 0 Å². The molecule has 0 bridgehead atoms. The Morgan fingerprint density at radius 3 is 2.60 bits per heavy atom. The van der Waals surface area contributed by atoms with Gasteiger partial charge in [-0.15, -0.1) is 0 Å². The first-order chi connectivity index (χ1) is 4.54. The van der Waals surface area contributed by atoms with Crippen molar-refractivity contribution in [2.75, 3.05) is 6.61 Å². The van der Waals surface area contributed by atoms with E-state index >= 15 is 0 Å². The molecule has 0 saturated carbocycles. The van der Waals surface area contributed by atoms with Crippen molar-refractivity contribution >= 4 is 29.1 Å². The molecule has 0 aliphatic heterocycles. The van der Waals surface area contributed by atoms with Gasteiger partial charge in [0.15, 0.2) is 0 Å². The fourth-order valence-corrected chi connectivity index (χ4v) is 0.564. The molecule has 60 valence electrons. The van der Waals surface area contributed by atoms with Crippen molar-refractivity contribution in [1.82, 2.24) is 0 Å². The lowest BCUT2D eigenvalue weighted by molar-refractivity contribution is -0.140. The summed E-state index contributed by atoms with van der Waals surface area (Å²) in [6.07, 6.45) is 0. The number of aliphatic hydroxyl groups excluding tert-OH is 1. The van der Waals surface area contributed by atoms with Crippen LogP contribution in [-0.2, 0) is 9.53 Å². The summed E-state index contributed by atoms with van der Waals surface area (Å²) in [5, 5.41) is 8.69. The normalized spacial score (nSPS) is 14.4. The molecule has 0 radical (unpaired) electrons. The highest BCUT2D eigenvalue weighted by molar-refractivity contribution is 14.1. The minimum absolute atomic E-state index is 0.0153. The molecule has 0 heterocycles. The van der Waals surface area contributed by atoms with E-state index in [0.29, 0.717) is 6.47 Å². The van der Waals surface area contributed by atoms with Crippen LogP contribution in [0.4, 0.5) is 0 Å². The van der Waals surface area contributed by atoms with Gasteiger partial charge >= 0.3 is 0 Å².